The number of rotatable bonds is 1. The molecule has 0 saturated carbocycles. The predicted molar refractivity (Wildman–Crippen MR) is 66.2 cm³/mol. The van der Waals surface area contributed by atoms with Crippen molar-refractivity contribution in [2.24, 2.45) is 0 Å². The average Bonchev–Trinajstić information content (AvgIpc) is 2.53. The minimum Gasteiger partial charge on any atom is -0.121 e. The van der Waals surface area contributed by atoms with E-state index in [1.165, 1.54) is 10.4 Å². The summed E-state index contributed by atoms with van der Waals surface area (Å²) in [4.78, 5) is 1.25. The van der Waals surface area contributed by atoms with Crippen LogP contribution < -0.4 is 0 Å². The van der Waals surface area contributed by atoms with Crippen LogP contribution in [0.3, 0.4) is 0 Å². The Morgan fingerprint density at radius 2 is 1.85 bits per heavy atom. The van der Waals surface area contributed by atoms with Crippen molar-refractivity contribution in [3.63, 3.8) is 0 Å². The molecule has 0 nitrogen and oxygen atoms in total. The average molecular weight is 289 g/mol. The van der Waals surface area contributed by atoms with Crippen LogP contribution >= 0.6 is 50.8 Å². The monoisotopic (exact) mass is 288 g/mol. The minimum atomic E-state index is 0.984. The van der Waals surface area contributed by atoms with Crippen molar-refractivity contribution >= 4 is 50.8 Å². The summed E-state index contributed by atoms with van der Waals surface area (Å²) in [6, 6.07) is 8.28. The summed E-state index contributed by atoms with van der Waals surface area (Å²) in [7, 11) is 0. The number of benzene rings is 1. The lowest BCUT2D eigenvalue weighted by molar-refractivity contribution is 1.65. The van der Waals surface area contributed by atoms with Gasteiger partial charge < -0.3 is 0 Å². The number of hydrogen-bond acceptors (Lipinski definition) is 3. The summed E-state index contributed by atoms with van der Waals surface area (Å²) in [5.41, 5.74) is 1.24. The van der Waals surface area contributed by atoms with Crippen molar-refractivity contribution in [2.75, 3.05) is 0 Å². The molecule has 1 aromatic carbocycles. The highest BCUT2D eigenvalue weighted by Crippen LogP contribution is 2.29. The van der Waals surface area contributed by atoms with E-state index in [-0.39, 0.29) is 0 Å². The Balaban J connectivity index is 2.47. The zero-order valence-electron chi connectivity index (χ0n) is 6.49. The third-order valence-electron chi connectivity index (χ3n) is 1.58. The Hall–Kier alpha value is -0.0300. The van der Waals surface area contributed by atoms with Crippen LogP contribution in [0.5, 0.6) is 0 Å². The van der Waals surface area contributed by atoms with Crippen LogP contribution in [-0.4, -0.2) is 0 Å². The molecule has 0 aliphatic rings. The molecule has 66 valence electrons. The third-order valence-corrected chi connectivity index (χ3v) is 4.63. The fourth-order valence-corrected chi connectivity index (χ4v) is 3.37. The lowest BCUT2D eigenvalue weighted by Crippen LogP contribution is -1.69. The van der Waals surface area contributed by atoms with E-state index < -0.39 is 0 Å². The third kappa shape index (κ3) is 2.26. The van der Waals surface area contributed by atoms with Crippen LogP contribution in [0.2, 0.25) is 0 Å². The molecule has 0 aliphatic heterocycles. The Bertz CT molecular complexity index is 452. The van der Waals surface area contributed by atoms with E-state index in [2.05, 4.69) is 33.4 Å². The molecule has 2 rings (SSSR count). The van der Waals surface area contributed by atoms with Crippen molar-refractivity contribution in [3.05, 3.63) is 37.3 Å². The molecule has 0 spiro atoms. The van der Waals surface area contributed by atoms with Gasteiger partial charge in [-0.3, -0.25) is 0 Å². The second kappa shape index (κ2) is 4.00. The van der Waals surface area contributed by atoms with E-state index in [0.717, 1.165) is 7.61 Å². The normalized spacial score (nSPS) is 10.2. The second-order valence-corrected chi connectivity index (χ2v) is 6.49. The molecule has 0 N–H and O–H groups in total. The van der Waals surface area contributed by atoms with Crippen LogP contribution in [0.15, 0.2) is 34.1 Å². The zero-order chi connectivity index (χ0) is 9.26. The maximum atomic E-state index is 5.09. The lowest BCUT2D eigenvalue weighted by Gasteiger charge is -1.95. The van der Waals surface area contributed by atoms with Crippen LogP contribution in [0.1, 0.15) is 0 Å². The molecule has 2 aromatic rings. The molecule has 4 heteroatoms. The smallest absolute Gasteiger partial charge is 0.121 e. The quantitative estimate of drug-likeness (QED) is 0.668. The maximum Gasteiger partial charge on any atom is 0.144 e. The lowest BCUT2D eigenvalue weighted by atomic mass is 10.2. The van der Waals surface area contributed by atoms with Gasteiger partial charge in [-0.15, -0.1) is 22.7 Å². The molecular formula is C9H5BrS3. The van der Waals surface area contributed by atoms with Gasteiger partial charge in [0.05, 0.1) is 0 Å². The first kappa shape index (κ1) is 9.52. The van der Waals surface area contributed by atoms with Gasteiger partial charge in [0.15, 0.2) is 0 Å². The molecule has 0 saturated heterocycles. The number of hydrogen-bond donors (Lipinski definition) is 0. The van der Waals surface area contributed by atoms with E-state index in [4.69, 9.17) is 12.2 Å². The van der Waals surface area contributed by atoms with E-state index in [9.17, 15) is 0 Å². The van der Waals surface area contributed by atoms with Gasteiger partial charge >= 0.3 is 0 Å². The molecule has 13 heavy (non-hydrogen) atoms. The van der Waals surface area contributed by atoms with Gasteiger partial charge in [-0.25, -0.2) is 0 Å². The molecule has 0 aliphatic carbocycles. The molecule has 1 aromatic heterocycles. The van der Waals surface area contributed by atoms with Crippen molar-refractivity contribution in [1.82, 2.24) is 0 Å². The fraction of sp³-hybridized carbons (Fsp3) is 0. The maximum absolute atomic E-state index is 5.09. The van der Waals surface area contributed by atoms with Crippen molar-refractivity contribution in [2.45, 2.75) is 0 Å². The molecule has 0 radical (unpaired) electrons. The molecule has 0 atom stereocenters. The molecule has 0 bridgehead atoms. The SMILES string of the molecule is S=c1scc(-c2ccc(Br)cc2)s1. The summed E-state index contributed by atoms with van der Waals surface area (Å²) < 4.78 is 2.09. The van der Waals surface area contributed by atoms with Crippen molar-refractivity contribution in [3.8, 4) is 10.4 Å². The Kier molecular flexibility index (Phi) is 2.93. The topological polar surface area (TPSA) is 0 Å². The summed E-state index contributed by atoms with van der Waals surface area (Å²) >= 11 is 11.8. The van der Waals surface area contributed by atoms with Crippen molar-refractivity contribution < 1.29 is 0 Å². The van der Waals surface area contributed by atoms with Gasteiger partial charge in [-0.2, -0.15) is 0 Å². The van der Waals surface area contributed by atoms with Gasteiger partial charge in [0, 0.05) is 14.7 Å². The first-order chi connectivity index (χ1) is 6.25. The van der Waals surface area contributed by atoms with Gasteiger partial charge in [0.25, 0.3) is 0 Å². The zero-order valence-corrected chi connectivity index (χ0v) is 10.5. The van der Waals surface area contributed by atoms with Crippen LogP contribution in [0, 0.1) is 3.14 Å². The Labute approximate surface area is 98.0 Å². The summed E-state index contributed by atoms with van der Waals surface area (Å²) in [6.45, 7) is 0. The highest BCUT2D eigenvalue weighted by molar-refractivity contribution is 9.10. The van der Waals surface area contributed by atoms with Gasteiger partial charge in [0.2, 0.25) is 0 Å². The van der Waals surface area contributed by atoms with Crippen LogP contribution in [-0.2, 0) is 0 Å². The summed E-state index contributed by atoms with van der Waals surface area (Å²) in [6.07, 6.45) is 0. The van der Waals surface area contributed by atoms with E-state index in [1.807, 2.05) is 12.1 Å². The molecule has 0 fully saturated rings. The summed E-state index contributed by atoms with van der Waals surface area (Å²) in [5, 5.41) is 2.11. The standard InChI is InChI=1S/C9H5BrS3/c10-7-3-1-6(2-4-7)8-5-12-9(11)13-8/h1-5H. The van der Waals surface area contributed by atoms with Crippen LogP contribution in [0.25, 0.3) is 10.4 Å². The van der Waals surface area contributed by atoms with E-state index in [1.54, 1.807) is 22.7 Å². The Morgan fingerprint density at radius 1 is 1.15 bits per heavy atom. The van der Waals surface area contributed by atoms with Crippen LogP contribution in [0.4, 0.5) is 0 Å². The van der Waals surface area contributed by atoms with E-state index >= 15 is 0 Å². The van der Waals surface area contributed by atoms with Gasteiger partial charge in [-0.05, 0) is 17.7 Å². The molecular weight excluding hydrogens is 284 g/mol. The largest absolute Gasteiger partial charge is 0.144 e. The summed E-state index contributed by atoms with van der Waals surface area (Å²) in [5.74, 6) is 0. The van der Waals surface area contributed by atoms with E-state index in [0.29, 0.717) is 0 Å². The number of halogens is 1. The molecule has 0 amide bonds. The molecule has 1 heterocycles. The van der Waals surface area contributed by atoms with Crippen molar-refractivity contribution in [1.29, 1.82) is 0 Å². The fourth-order valence-electron chi connectivity index (χ4n) is 0.981. The highest BCUT2D eigenvalue weighted by Gasteiger charge is 1.98. The highest BCUT2D eigenvalue weighted by atomic mass is 79.9. The first-order valence-electron chi connectivity index (χ1n) is 3.60. The molecule has 0 unspecified atom stereocenters. The van der Waals surface area contributed by atoms with Gasteiger partial charge in [-0.1, -0.05) is 40.3 Å². The minimum absolute atomic E-state index is 0.984. The van der Waals surface area contributed by atoms with Gasteiger partial charge in [0.1, 0.15) is 3.14 Å². The second-order valence-electron chi connectivity index (χ2n) is 2.46. The Morgan fingerprint density at radius 3 is 2.38 bits per heavy atom. The first-order valence-corrected chi connectivity index (χ1v) is 6.50. The predicted octanol–water partition coefficient (Wildman–Crippen LogP) is 4.97.